The van der Waals surface area contributed by atoms with Crippen LogP contribution in [0.15, 0.2) is 30.5 Å². The monoisotopic (exact) mass is 337 g/mol. The third kappa shape index (κ3) is 6.57. The first kappa shape index (κ1) is 19.4. The smallest absolute Gasteiger partial charge is 0.354 e. The molecule has 0 atom stereocenters. The molecule has 0 radical (unpaired) electrons. The highest BCUT2D eigenvalue weighted by atomic mass is 32.2. The Hall–Kier alpha value is -1.62. The Kier molecular flexibility index (Phi) is 9.29. The number of para-hydroxylation sites is 1. The van der Waals surface area contributed by atoms with Crippen LogP contribution in [0.4, 0.5) is 5.69 Å². The molecule has 0 heterocycles. The Morgan fingerprint density at radius 1 is 1.35 bits per heavy atom. The number of carbonyl (C=O) groups excluding carboxylic acids is 1. The average molecular weight is 337 g/mol. The van der Waals surface area contributed by atoms with Crippen LogP contribution >= 0.6 is 11.8 Å². The molecule has 0 spiro atoms. The molecular formula is C18H27NO3S. The second-order valence-corrected chi connectivity index (χ2v) is 6.05. The van der Waals surface area contributed by atoms with Crippen LogP contribution < -0.4 is 10.1 Å². The van der Waals surface area contributed by atoms with Crippen molar-refractivity contribution in [2.24, 2.45) is 0 Å². The topological polar surface area (TPSA) is 47.6 Å². The second-order valence-electron chi connectivity index (χ2n) is 5.06. The highest BCUT2D eigenvalue weighted by molar-refractivity contribution is 7.98. The minimum Gasteiger partial charge on any atom is -0.490 e. The van der Waals surface area contributed by atoms with E-state index in [9.17, 15) is 4.79 Å². The van der Waals surface area contributed by atoms with Crippen LogP contribution in [0.1, 0.15) is 32.3 Å². The van der Waals surface area contributed by atoms with Gasteiger partial charge in [0.05, 0.1) is 18.9 Å². The summed E-state index contributed by atoms with van der Waals surface area (Å²) < 4.78 is 10.9. The van der Waals surface area contributed by atoms with Crippen molar-refractivity contribution in [3.63, 3.8) is 0 Å². The fraction of sp³-hybridized carbons (Fsp3) is 0.500. The summed E-state index contributed by atoms with van der Waals surface area (Å²) >= 11 is 1.74. The van der Waals surface area contributed by atoms with Crippen LogP contribution in [0.5, 0.6) is 5.75 Å². The van der Waals surface area contributed by atoms with Gasteiger partial charge in [-0.05, 0) is 37.7 Å². The maximum absolute atomic E-state index is 11.7. The van der Waals surface area contributed by atoms with Gasteiger partial charge in [-0.25, -0.2) is 4.79 Å². The van der Waals surface area contributed by atoms with E-state index < -0.39 is 5.97 Å². The van der Waals surface area contributed by atoms with Crippen LogP contribution in [-0.2, 0) is 16.0 Å². The number of carbonyl (C=O) groups is 1. The van der Waals surface area contributed by atoms with Crippen LogP contribution in [-0.4, -0.2) is 31.2 Å². The van der Waals surface area contributed by atoms with Gasteiger partial charge in [-0.15, -0.1) is 0 Å². The lowest BCUT2D eigenvalue weighted by atomic mass is 10.1. The van der Waals surface area contributed by atoms with Gasteiger partial charge >= 0.3 is 5.97 Å². The number of hydrogen-bond acceptors (Lipinski definition) is 5. The van der Waals surface area contributed by atoms with Gasteiger partial charge in [-0.1, -0.05) is 32.1 Å². The summed E-state index contributed by atoms with van der Waals surface area (Å²) in [5, 5.41) is 3.04. The molecule has 5 heteroatoms. The van der Waals surface area contributed by atoms with Crippen molar-refractivity contribution in [3.8, 4) is 5.75 Å². The zero-order valence-corrected chi connectivity index (χ0v) is 15.1. The van der Waals surface area contributed by atoms with Gasteiger partial charge in [0.1, 0.15) is 11.4 Å². The normalized spacial score (nSPS) is 10.2. The first-order chi connectivity index (χ1) is 11.1. The third-order valence-electron chi connectivity index (χ3n) is 3.24. The second kappa shape index (κ2) is 11.0. The Morgan fingerprint density at radius 2 is 2.13 bits per heavy atom. The van der Waals surface area contributed by atoms with Crippen LogP contribution in [0, 0.1) is 0 Å². The quantitative estimate of drug-likeness (QED) is 0.371. The summed E-state index contributed by atoms with van der Waals surface area (Å²) in [6.45, 7) is 8.65. The molecule has 1 aromatic rings. The predicted molar refractivity (Wildman–Crippen MR) is 98.3 cm³/mol. The number of thioether (sulfide) groups is 1. The number of ether oxygens (including phenoxy) is 2. The van der Waals surface area contributed by atoms with Gasteiger partial charge in [0, 0.05) is 5.75 Å². The lowest BCUT2D eigenvalue weighted by Gasteiger charge is -2.17. The molecule has 0 aromatic heterocycles. The molecule has 1 N–H and O–H groups in total. The lowest BCUT2D eigenvalue weighted by Crippen LogP contribution is -2.15. The Bertz CT molecular complexity index is 517. The number of esters is 1. The van der Waals surface area contributed by atoms with E-state index in [2.05, 4.69) is 24.9 Å². The molecule has 0 fully saturated rings. The van der Waals surface area contributed by atoms with Gasteiger partial charge in [-0.2, -0.15) is 11.8 Å². The highest BCUT2D eigenvalue weighted by Gasteiger charge is 2.14. The number of benzene rings is 1. The van der Waals surface area contributed by atoms with E-state index in [0.717, 1.165) is 42.0 Å². The largest absolute Gasteiger partial charge is 0.490 e. The Balaban J connectivity index is 2.94. The maximum Gasteiger partial charge on any atom is 0.354 e. The van der Waals surface area contributed by atoms with Gasteiger partial charge in [0.25, 0.3) is 0 Å². The van der Waals surface area contributed by atoms with Crippen molar-refractivity contribution >= 4 is 23.4 Å². The number of nitrogens with one attached hydrogen (secondary N) is 1. The summed E-state index contributed by atoms with van der Waals surface area (Å²) in [5.74, 6) is 1.28. The van der Waals surface area contributed by atoms with Crippen LogP contribution in [0.2, 0.25) is 0 Å². The van der Waals surface area contributed by atoms with Crippen molar-refractivity contribution in [1.29, 1.82) is 0 Å². The summed E-state index contributed by atoms with van der Waals surface area (Å²) in [6.07, 6.45) is 5.22. The molecule has 0 saturated carbocycles. The van der Waals surface area contributed by atoms with Gasteiger partial charge in [0.2, 0.25) is 0 Å². The SMILES string of the molecule is C=C(Nc1cccc(CCCC)c1OCCSC)C(=O)OCC. The molecule has 0 amide bonds. The zero-order chi connectivity index (χ0) is 17.1. The molecule has 0 bridgehead atoms. The van der Waals surface area contributed by atoms with E-state index in [1.165, 1.54) is 0 Å². The van der Waals surface area contributed by atoms with Crippen molar-refractivity contribution in [1.82, 2.24) is 0 Å². The summed E-state index contributed by atoms with van der Waals surface area (Å²) in [6, 6.07) is 5.93. The van der Waals surface area contributed by atoms with Crippen molar-refractivity contribution < 1.29 is 14.3 Å². The standard InChI is InChI=1S/C18H27NO3S/c1-5-7-9-15-10-8-11-16(17(15)22-12-13-23-4)19-14(3)18(20)21-6-2/h8,10-11,19H,3,5-7,9,12-13H2,1-2,4H3. The number of unbranched alkanes of at least 4 members (excludes halogenated alkanes) is 1. The first-order valence-electron chi connectivity index (χ1n) is 8.00. The van der Waals surface area contributed by atoms with Crippen LogP contribution in [0.3, 0.4) is 0 Å². The fourth-order valence-corrected chi connectivity index (χ4v) is 2.33. The van der Waals surface area contributed by atoms with Gasteiger partial charge < -0.3 is 14.8 Å². The van der Waals surface area contributed by atoms with E-state index in [0.29, 0.717) is 13.2 Å². The first-order valence-corrected chi connectivity index (χ1v) is 9.40. The van der Waals surface area contributed by atoms with E-state index in [4.69, 9.17) is 9.47 Å². The minimum atomic E-state index is -0.443. The zero-order valence-electron chi connectivity index (χ0n) is 14.3. The molecule has 0 aliphatic carbocycles. The Labute approximate surface area is 143 Å². The van der Waals surface area contributed by atoms with E-state index in [1.807, 2.05) is 18.4 Å². The predicted octanol–water partition coefficient (Wildman–Crippen LogP) is 4.26. The molecular weight excluding hydrogens is 310 g/mol. The summed E-state index contributed by atoms with van der Waals surface area (Å²) in [4.78, 5) is 11.7. The highest BCUT2D eigenvalue weighted by Crippen LogP contribution is 2.31. The number of anilines is 1. The van der Waals surface area contributed by atoms with Crippen molar-refractivity contribution in [3.05, 3.63) is 36.0 Å². The van der Waals surface area contributed by atoms with E-state index in [1.54, 1.807) is 18.7 Å². The van der Waals surface area contributed by atoms with E-state index >= 15 is 0 Å². The molecule has 0 aliphatic rings. The molecule has 23 heavy (non-hydrogen) atoms. The minimum absolute atomic E-state index is 0.217. The van der Waals surface area contributed by atoms with Gasteiger partial charge in [-0.3, -0.25) is 0 Å². The maximum atomic E-state index is 11.7. The average Bonchev–Trinajstić information content (AvgIpc) is 2.55. The molecule has 4 nitrogen and oxygen atoms in total. The third-order valence-corrected chi connectivity index (χ3v) is 3.81. The van der Waals surface area contributed by atoms with Crippen LogP contribution in [0.25, 0.3) is 0 Å². The summed E-state index contributed by atoms with van der Waals surface area (Å²) in [5.41, 5.74) is 2.13. The molecule has 1 aromatic carbocycles. The molecule has 0 aliphatic heterocycles. The molecule has 1 rings (SSSR count). The molecule has 0 unspecified atom stereocenters. The molecule has 128 valence electrons. The number of aryl methyl sites for hydroxylation is 1. The van der Waals surface area contributed by atoms with Crippen molar-refractivity contribution in [2.75, 3.05) is 30.5 Å². The summed E-state index contributed by atoms with van der Waals surface area (Å²) in [7, 11) is 0. The molecule has 0 saturated heterocycles. The van der Waals surface area contributed by atoms with Crippen molar-refractivity contribution in [2.45, 2.75) is 33.1 Å². The fourth-order valence-electron chi connectivity index (χ4n) is 2.08. The number of rotatable bonds is 11. The number of hydrogen-bond donors (Lipinski definition) is 1. The van der Waals surface area contributed by atoms with Gasteiger partial charge in [0.15, 0.2) is 0 Å². The lowest BCUT2D eigenvalue weighted by molar-refractivity contribution is -0.138. The Morgan fingerprint density at radius 3 is 2.78 bits per heavy atom. The van der Waals surface area contributed by atoms with E-state index in [-0.39, 0.29) is 5.70 Å².